The molecule has 1 aromatic heterocycles. The van der Waals surface area contributed by atoms with Gasteiger partial charge in [0.1, 0.15) is 30.1 Å². The third-order valence-corrected chi connectivity index (χ3v) is 9.05. The highest BCUT2D eigenvalue weighted by atomic mass is 16.7. The van der Waals surface area contributed by atoms with Crippen LogP contribution in [0.3, 0.4) is 0 Å². The first kappa shape index (κ1) is 31.0. The summed E-state index contributed by atoms with van der Waals surface area (Å²) in [6, 6.07) is 5.04. The number of benzene rings is 1. The number of hydrogen-bond acceptors (Lipinski definition) is 9. The molecule has 43 heavy (non-hydrogen) atoms. The maximum atomic E-state index is 12.2. The summed E-state index contributed by atoms with van der Waals surface area (Å²) in [6.45, 7) is 4.28. The van der Waals surface area contributed by atoms with Gasteiger partial charge in [-0.2, -0.15) is 0 Å². The van der Waals surface area contributed by atoms with Crippen LogP contribution in [0, 0.1) is 17.8 Å². The van der Waals surface area contributed by atoms with Gasteiger partial charge in [0, 0.05) is 44.1 Å². The van der Waals surface area contributed by atoms with E-state index in [-0.39, 0.29) is 24.3 Å². The number of aliphatic imine (C=N–C) groups is 1. The molecule has 0 radical (unpaired) electrons. The molecule has 11 nitrogen and oxygen atoms in total. The summed E-state index contributed by atoms with van der Waals surface area (Å²) in [5, 5.41) is 25.0. The standard InChI is InChI=1S/C32H43N3O8/c1-5-6-7-8-22-19(13-27(37)41-4)9-10-20(22)16-35-17-24(23-12-11-21(40-3)14-25(23)35)31-34-28-30(39)29(38)26(15-33-18(2)36)42-32(28)43-31/h6-7,11-12,14,17,19-20,22,26,28-30,32,38-39H,5,8-10,13,15-16H2,1-4H3,(H,33,36)/b7-6-/t19-,20?,22?,26?,28?,29?,30?,32?/m1/s1. The number of nitrogens with one attached hydrogen (secondary N) is 1. The fraction of sp³-hybridized carbons (Fsp3) is 0.594. The quantitative estimate of drug-likeness (QED) is 0.265. The van der Waals surface area contributed by atoms with Crippen molar-refractivity contribution >= 4 is 28.7 Å². The van der Waals surface area contributed by atoms with E-state index in [2.05, 4.69) is 34.0 Å². The Labute approximate surface area is 251 Å². The van der Waals surface area contributed by atoms with E-state index in [4.69, 9.17) is 18.9 Å². The van der Waals surface area contributed by atoms with Crippen molar-refractivity contribution in [3.63, 3.8) is 0 Å². The first-order valence-electron chi connectivity index (χ1n) is 15.1. The number of aromatic nitrogens is 1. The molecule has 3 N–H and O–H groups in total. The van der Waals surface area contributed by atoms with E-state index in [1.807, 2.05) is 24.4 Å². The SMILES string of the molecule is CC/C=C\CC1C(Cn2cc(C3=NC4C(O3)OC(CNC(C)=O)C(O)C4O)c3ccc(OC)cc32)CC[C@@H]1CC(=O)OC. The van der Waals surface area contributed by atoms with E-state index in [1.165, 1.54) is 14.0 Å². The predicted molar refractivity (Wildman–Crippen MR) is 160 cm³/mol. The molecule has 0 spiro atoms. The van der Waals surface area contributed by atoms with E-state index < -0.39 is 30.6 Å². The van der Waals surface area contributed by atoms with Gasteiger partial charge in [-0.1, -0.05) is 19.1 Å². The van der Waals surface area contributed by atoms with Gasteiger partial charge in [-0.25, -0.2) is 4.99 Å². The molecule has 5 rings (SSSR count). The minimum absolute atomic E-state index is 0.0432. The number of aliphatic hydroxyl groups is 2. The van der Waals surface area contributed by atoms with Gasteiger partial charge in [-0.15, -0.1) is 0 Å². The number of rotatable bonds is 11. The Morgan fingerprint density at radius 3 is 2.67 bits per heavy atom. The van der Waals surface area contributed by atoms with E-state index in [9.17, 15) is 19.8 Å². The largest absolute Gasteiger partial charge is 0.497 e. The van der Waals surface area contributed by atoms with Crippen molar-refractivity contribution in [3.8, 4) is 5.75 Å². The van der Waals surface area contributed by atoms with Crippen LogP contribution >= 0.6 is 0 Å². The molecular weight excluding hydrogens is 554 g/mol. The second-order valence-electron chi connectivity index (χ2n) is 11.7. The van der Waals surface area contributed by atoms with Crippen LogP contribution < -0.4 is 10.1 Å². The lowest BCUT2D eigenvalue weighted by molar-refractivity contribution is -0.224. The van der Waals surface area contributed by atoms with Crippen molar-refractivity contribution in [1.82, 2.24) is 9.88 Å². The summed E-state index contributed by atoms with van der Waals surface area (Å²) in [6.07, 6.45) is 6.53. The van der Waals surface area contributed by atoms with E-state index in [0.717, 1.165) is 54.4 Å². The Morgan fingerprint density at radius 1 is 1.16 bits per heavy atom. The van der Waals surface area contributed by atoms with Crippen molar-refractivity contribution in [3.05, 3.63) is 42.1 Å². The Bertz CT molecular complexity index is 1370. The number of aliphatic hydroxyl groups excluding tert-OH is 2. The summed E-state index contributed by atoms with van der Waals surface area (Å²) in [5.41, 5.74) is 1.71. The topological polar surface area (TPSA) is 141 Å². The Kier molecular flexibility index (Phi) is 9.73. The van der Waals surface area contributed by atoms with E-state index in [1.54, 1.807) is 7.11 Å². The highest BCUT2D eigenvalue weighted by Crippen LogP contribution is 2.43. The molecule has 1 aliphatic carbocycles. The zero-order chi connectivity index (χ0) is 30.7. The van der Waals surface area contributed by atoms with E-state index in [0.29, 0.717) is 24.2 Å². The van der Waals surface area contributed by atoms with Gasteiger partial charge in [0.25, 0.3) is 0 Å². The number of amides is 1. The van der Waals surface area contributed by atoms with Gasteiger partial charge < -0.3 is 39.0 Å². The number of carbonyl (C=O) groups excluding carboxylic acids is 2. The lowest BCUT2D eigenvalue weighted by atomic mass is 9.84. The summed E-state index contributed by atoms with van der Waals surface area (Å²) in [5.74, 6) is 1.56. The maximum absolute atomic E-state index is 12.2. The molecular formula is C32H43N3O8. The first-order chi connectivity index (χ1) is 20.7. The summed E-state index contributed by atoms with van der Waals surface area (Å²) in [7, 11) is 3.08. The van der Waals surface area contributed by atoms with Crippen LogP contribution in [-0.2, 0) is 30.3 Å². The number of esters is 1. The third-order valence-electron chi connectivity index (χ3n) is 9.05. The van der Waals surface area contributed by atoms with Crippen LogP contribution in [0.15, 0.2) is 41.5 Å². The van der Waals surface area contributed by atoms with Gasteiger partial charge in [0.15, 0.2) is 0 Å². The van der Waals surface area contributed by atoms with Crippen LogP contribution in [0.25, 0.3) is 10.9 Å². The second-order valence-corrected chi connectivity index (χ2v) is 11.7. The van der Waals surface area contributed by atoms with Crippen molar-refractivity contribution < 1.29 is 38.7 Å². The van der Waals surface area contributed by atoms with Crippen molar-refractivity contribution in [1.29, 1.82) is 0 Å². The fourth-order valence-corrected chi connectivity index (χ4v) is 6.77. The number of hydrogen-bond donors (Lipinski definition) is 3. The summed E-state index contributed by atoms with van der Waals surface area (Å²) >= 11 is 0. The van der Waals surface area contributed by atoms with Gasteiger partial charge >= 0.3 is 5.97 Å². The maximum Gasteiger partial charge on any atom is 0.305 e. The summed E-state index contributed by atoms with van der Waals surface area (Å²) < 4.78 is 24.8. The monoisotopic (exact) mass is 597 g/mol. The highest BCUT2D eigenvalue weighted by Gasteiger charge is 2.49. The predicted octanol–water partition coefficient (Wildman–Crippen LogP) is 2.94. The Hall–Kier alpha value is -3.41. The smallest absolute Gasteiger partial charge is 0.305 e. The third kappa shape index (κ3) is 6.58. The molecule has 1 saturated heterocycles. The van der Waals surface area contributed by atoms with Gasteiger partial charge in [-0.3, -0.25) is 9.59 Å². The molecule has 234 valence electrons. The molecule has 0 bridgehead atoms. The second kappa shape index (κ2) is 13.5. The van der Waals surface area contributed by atoms with E-state index >= 15 is 0 Å². The van der Waals surface area contributed by atoms with Crippen LogP contribution in [0.1, 0.15) is 51.5 Å². The molecule has 2 aliphatic heterocycles. The number of fused-ring (bicyclic) bond motifs is 2. The zero-order valence-corrected chi connectivity index (χ0v) is 25.3. The minimum Gasteiger partial charge on any atom is -0.497 e. The number of methoxy groups -OCH3 is 2. The lowest BCUT2D eigenvalue weighted by Crippen LogP contribution is -2.58. The van der Waals surface area contributed by atoms with Crippen molar-refractivity contribution in [2.24, 2.45) is 22.7 Å². The Balaban J connectivity index is 1.43. The van der Waals surface area contributed by atoms with Crippen molar-refractivity contribution in [2.75, 3.05) is 20.8 Å². The number of nitrogens with zero attached hydrogens (tertiary/aromatic N) is 2. The molecule has 2 fully saturated rings. The molecule has 7 unspecified atom stereocenters. The lowest BCUT2D eigenvalue weighted by Gasteiger charge is -2.37. The van der Waals surface area contributed by atoms with Crippen LogP contribution in [0.2, 0.25) is 0 Å². The van der Waals surface area contributed by atoms with Crippen LogP contribution in [-0.4, -0.2) is 84.0 Å². The molecule has 2 aromatic rings. The van der Waals surface area contributed by atoms with Gasteiger partial charge in [0.05, 0.1) is 25.3 Å². The summed E-state index contributed by atoms with van der Waals surface area (Å²) in [4.78, 5) is 28.3. The van der Waals surface area contributed by atoms with Crippen molar-refractivity contribution in [2.45, 2.75) is 83.1 Å². The minimum atomic E-state index is -1.23. The normalized spacial score (nSPS) is 30.2. The van der Waals surface area contributed by atoms with Gasteiger partial charge in [-0.05, 0) is 55.6 Å². The average Bonchev–Trinajstić information content (AvgIpc) is 3.70. The fourth-order valence-electron chi connectivity index (χ4n) is 6.77. The number of carbonyl (C=O) groups is 2. The molecule has 3 aliphatic rings. The van der Waals surface area contributed by atoms with Gasteiger partial charge in [0.2, 0.25) is 18.1 Å². The molecule has 1 aromatic carbocycles. The average molecular weight is 598 g/mol. The number of ether oxygens (including phenoxy) is 4. The van der Waals surface area contributed by atoms with Crippen LogP contribution in [0.5, 0.6) is 5.75 Å². The number of allylic oxidation sites excluding steroid dienone is 2. The Morgan fingerprint density at radius 2 is 1.95 bits per heavy atom. The zero-order valence-electron chi connectivity index (χ0n) is 25.3. The first-order valence-corrected chi connectivity index (χ1v) is 15.1. The molecule has 8 atom stereocenters. The molecule has 3 heterocycles. The highest BCUT2D eigenvalue weighted by molar-refractivity contribution is 6.08. The molecule has 1 saturated carbocycles. The molecule has 11 heteroatoms. The van der Waals surface area contributed by atoms with Crippen LogP contribution in [0.4, 0.5) is 0 Å². The molecule has 1 amide bonds.